The second-order valence-corrected chi connectivity index (χ2v) is 7.32. The molecule has 150 valence electrons. The van der Waals surface area contributed by atoms with Gasteiger partial charge in [-0.05, 0) is 42.3 Å². The van der Waals surface area contributed by atoms with Crippen molar-refractivity contribution in [1.82, 2.24) is 4.57 Å². The van der Waals surface area contributed by atoms with Crippen molar-refractivity contribution in [2.75, 3.05) is 14.2 Å². The molecule has 0 aliphatic heterocycles. The summed E-state index contributed by atoms with van der Waals surface area (Å²) in [7, 11) is 3.10. The van der Waals surface area contributed by atoms with Crippen molar-refractivity contribution in [3.63, 3.8) is 0 Å². The first kappa shape index (κ1) is 20.9. The van der Waals surface area contributed by atoms with E-state index in [9.17, 15) is 15.3 Å². The predicted octanol–water partition coefficient (Wildman–Crippen LogP) is 2.51. The van der Waals surface area contributed by atoms with E-state index in [1.807, 2.05) is 37.3 Å². The second-order valence-electron chi connectivity index (χ2n) is 6.29. The van der Waals surface area contributed by atoms with Crippen LogP contribution in [0.2, 0.25) is 0 Å². The van der Waals surface area contributed by atoms with Crippen LogP contribution in [0.5, 0.6) is 11.5 Å². The molecule has 6 nitrogen and oxygen atoms in total. The minimum Gasteiger partial charge on any atom is -0.497 e. The first-order chi connectivity index (χ1) is 14.6. The molecule has 2 aromatic carbocycles. The monoisotopic (exact) mass is 417 g/mol. The van der Waals surface area contributed by atoms with E-state index >= 15 is 0 Å². The number of aryl methyl sites for hydroxylation is 1. The molecule has 0 aliphatic rings. The van der Waals surface area contributed by atoms with Crippen LogP contribution in [-0.4, -0.2) is 18.8 Å². The molecule has 0 aliphatic carbocycles. The summed E-state index contributed by atoms with van der Waals surface area (Å²) in [4.78, 5) is 13.3. The van der Waals surface area contributed by atoms with Gasteiger partial charge in [0.2, 0.25) is 0 Å². The molecular weight excluding hydrogens is 398 g/mol. The molecule has 3 aromatic rings. The zero-order valence-electron chi connectivity index (χ0n) is 16.8. The maximum absolute atomic E-state index is 13.3. The predicted molar refractivity (Wildman–Crippen MR) is 116 cm³/mol. The highest BCUT2D eigenvalue weighted by Gasteiger charge is 2.12. The lowest BCUT2D eigenvalue weighted by Gasteiger charge is -2.06. The number of nitriles is 2. The summed E-state index contributed by atoms with van der Waals surface area (Å²) in [6.45, 7) is 2.02. The number of rotatable bonds is 5. The zero-order valence-corrected chi connectivity index (χ0v) is 17.6. The Kier molecular flexibility index (Phi) is 6.36. The van der Waals surface area contributed by atoms with Gasteiger partial charge in [-0.3, -0.25) is 9.36 Å². The highest BCUT2D eigenvalue weighted by Crippen LogP contribution is 2.24. The average molecular weight is 417 g/mol. The number of aromatic nitrogens is 1. The summed E-state index contributed by atoms with van der Waals surface area (Å²) in [6, 6.07) is 16.6. The van der Waals surface area contributed by atoms with E-state index in [0.717, 1.165) is 23.3 Å². The van der Waals surface area contributed by atoms with Gasteiger partial charge < -0.3 is 9.47 Å². The molecule has 0 saturated carbocycles. The normalized spacial score (nSPS) is 10.9. The van der Waals surface area contributed by atoms with Gasteiger partial charge in [-0.1, -0.05) is 19.1 Å². The smallest absolute Gasteiger partial charge is 0.273 e. The van der Waals surface area contributed by atoms with Gasteiger partial charge in [0.05, 0.1) is 24.4 Å². The van der Waals surface area contributed by atoms with Crippen LogP contribution in [0, 0.1) is 22.7 Å². The highest BCUT2D eigenvalue weighted by atomic mass is 32.1. The summed E-state index contributed by atoms with van der Waals surface area (Å²) < 4.78 is 12.7. The minimum absolute atomic E-state index is 0.111. The van der Waals surface area contributed by atoms with Gasteiger partial charge in [-0.25, -0.2) is 0 Å². The van der Waals surface area contributed by atoms with Gasteiger partial charge >= 0.3 is 0 Å². The van der Waals surface area contributed by atoms with E-state index in [2.05, 4.69) is 0 Å². The Labute approximate surface area is 177 Å². The molecule has 0 fully saturated rings. The van der Waals surface area contributed by atoms with Crippen LogP contribution < -0.4 is 24.2 Å². The van der Waals surface area contributed by atoms with E-state index in [1.54, 1.807) is 37.5 Å². The van der Waals surface area contributed by atoms with Gasteiger partial charge in [0, 0.05) is 11.6 Å². The fourth-order valence-corrected chi connectivity index (χ4v) is 4.05. The summed E-state index contributed by atoms with van der Waals surface area (Å²) >= 11 is 1.10. The quantitative estimate of drug-likeness (QED) is 0.637. The number of thiazole rings is 1. The zero-order chi connectivity index (χ0) is 21.7. The SMILES string of the molecule is CCc1cccc(-n2c(=C(C#N)C#N)s/c(=C/c3ccc(OC)cc3OC)c2=O)c1. The van der Waals surface area contributed by atoms with Gasteiger partial charge in [-0.2, -0.15) is 10.5 Å². The van der Waals surface area contributed by atoms with E-state index < -0.39 is 0 Å². The molecule has 7 heteroatoms. The van der Waals surface area contributed by atoms with Gasteiger partial charge in [0.15, 0.2) is 5.57 Å². The van der Waals surface area contributed by atoms with E-state index in [-0.39, 0.29) is 11.1 Å². The van der Waals surface area contributed by atoms with Crippen molar-refractivity contribution in [3.05, 3.63) is 73.1 Å². The van der Waals surface area contributed by atoms with Gasteiger partial charge in [0.1, 0.15) is 28.3 Å². The Morgan fingerprint density at radius 2 is 1.90 bits per heavy atom. The molecule has 30 heavy (non-hydrogen) atoms. The van der Waals surface area contributed by atoms with Crippen molar-refractivity contribution in [1.29, 1.82) is 10.5 Å². The molecule has 0 unspecified atom stereocenters. The van der Waals surface area contributed by atoms with Gasteiger partial charge in [-0.15, -0.1) is 11.3 Å². The molecule has 0 bridgehead atoms. The molecule has 0 saturated heterocycles. The lowest BCUT2D eigenvalue weighted by Crippen LogP contribution is -2.30. The fraction of sp³-hybridized carbons (Fsp3) is 0.174. The summed E-state index contributed by atoms with van der Waals surface area (Å²) in [5.41, 5.74) is 1.95. The fourth-order valence-electron chi connectivity index (χ4n) is 3.00. The lowest BCUT2D eigenvalue weighted by atomic mass is 10.1. The summed E-state index contributed by atoms with van der Waals surface area (Å²) in [5, 5.41) is 18.8. The Bertz CT molecular complexity index is 1340. The second kappa shape index (κ2) is 9.13. The molecular formula is C23H19N3O3S. The summed E-state index contributed by atoms with van der Waals surface area (Å²) in [5.74, 6) is 1.18. The number of nitrogens with zero attached hydrogens (tertiary/aromatic N) is 3. The Morgan fingerprint density at radius 3 is 2.53 bits per heavy atom. The Balaban J connectivity index is 2.36. The van der Waals surface area contributed by atoms with E-state index in [4.69, 9.17) is 9.47 Å². The molecule has 0 atom stereocenters. The number of benzene rings is 2. The molecule has 3 rings (SSSR count). The number of hydrogen-bond acceptors (Lipinski definition) is 6. The maximum Gasteiger partial charge on any atom is 0.273 e. The Morgan fingerprint density at radius 1 is 1.13 bits per heavy atom. The lowest BCUT2D eigenvalue weighted by molar-refractivity contribution is 0.393. The third-order valence-electron chi connectivity index (χ3n) is 4.57. The molecule has 0 amide bonds. The van der Waals surface area contributed by atoms with Crippen LogP contribution in [0.15, 0.2) is 47.3 Å². The largest absolute Gasteiger partial charge is 0.497 e. The molecule has 0 radical (unpaired) electrons. The van der Waals surface area contributed by atoms with Crippen molar-refractivity contribution >= 4 is 23.0 Å². The van der Waals surface area contributed by atoms with Crippen molar-refractivity contribution < 1.29 is 9.47 Å². The van der Waals surface area contributed by atoms with Crippen LogP contribution in [0.1, 0.15) is 18.1 Å². The van der Waals surface area contributed by atoms with Crippen LogP contribution in [0.4, 0.5) is 0 Å². The minimum atomic E-state index is -0.302. The van der Waals surface area contributed by atoms with Gasteiger partial charge in [0.25, 0.3) is 5.56 Å². The number of ether oxygens (including phenoxy) is 2. The topological polar surface area (TPSA) is 88.0 Å². The van der Waals surface area contributed by atoms with Crippen LogP contribution in [-0.2, 0) is 6.42 Å². The van der Waals surface area contributed by atoms with Crippen LogP contribution in [0.3, 0.4) is 0 Å². The maximum atomic E-state index is 13.3. The molecule has 0 spiro atoms. The van der Waals surface area contributed by atoms with Crippen LogP contribution >= 0.6 is 11.3 Å². The van der Waals surface area contributed by atoms with Crippen LogP contribution in [0.25, 0.3) is 17.3 Å². The number of methoxy groups -OCH3 is 2. The van der Waals surface area contributed by atoms with Crippen molar-refractivity contribution in [2.24, 2.45) is 0 Å². The van der Waals surface area contributed by atoms with E-state index in [0.29, 0.717) is 31.9 Å². The third kappa shape index (κ3) is 3.98. The standard InChI is InChI=1S/C23H19N3O3S/c1-4-15-6-5-7-18(10-15)26-22(27)21(30-23(26)17(13-24)14-25)11-16-8-9-19(28-2)12-20(16)29-3/h5-12H,4H2,1-3H3/b21-11+. The first-order valence-corrected chi connectivity index (χ1v) is 9.97. The van der Waals surface area contributed by atoms with Crippen molar-refractivity contribution in [3.8, 4) is 29.3 Å². The molecule has 1 heterocycles. The first-order valence-electron chi connectivity index (χ1n) is 9.15. The van der Waals surface area contributed by atoms with Crippen molar-refractivity contribution in [2.45, 2.75) is 13.3 Å². The number of hydrogen-bond donors (Lipinski definition) is 0. The Hall–Kier alpha value is -3.81. The van der Waals surface area contributed by atoms with E-state index in [1.165, 1.54) is 11.7 Å². The highest BCUT2D eigenvalue weighted by molar-refractivity contribution is 7.07. The molecule has 1 aromatic heterocycles. The summed E-state index contributed by atoms with van der Waals surface area (Å²) in [6.07, 6.45) is 2.50. The molecule has 0 N–H and O–H groups in total. The third-order valence-corrected chi connectivity index (χ3v) is 5.66. The average Bonchev–Trinajstić information content (AvgIpc) is 3.10.